The van der Waals surface area contributed by atoms with Crippen LogP contribution in [-0.4, -0.2) is 22.5 Å². The van der Waals surface area contributed by atoms with E-state index in [1.165, 1.54) is 6.20 Å². The number of Topliss-reactive ketones (excluding diaryl/α,β-unsaturated/α-hetero) is 2. The summed E-state index contributed by atoms with van der Waals surface area (Å²) in [6.07, 6.45) is 1.63. The van der Waals surface area contributed by atoms with Crippen molar-refractivity contribution in [1.29, 1.82) is 0 Å². The van der Waals surface area contributed by atoms with Gasteiger partial charge in [0.2, 0.25) is 0 Å². The second kappa shape index (κ2) is 5.61. The molecule has 1 aliphatic carbocycles. The van der Waals surface area contributed by atoms with E-state index in [9.17, 15) is 14.4 Å². The van der Waals surface area contributed by atoms with E-state index in [1.807, 2.05) is 0 Å². The van der Waals surface area contributed by atoms with E-state index in [2.05, 4.69) is 4.98 Å². The molecular weight excluding hydrogens is 292 g/mol. The van der Waals surface area contributed by atoms with Crippen molar-refractivity contribution in [2.75, 3.05) is 0 Å². The largest absolute Gasteiger partial charge is 0.366 e. The number of allylic oxidation sites excluding steroid dienone is 2. The smallest absolute Gasteiger partial charge is 0.250 e. The lowest BCUT2D eigenvalue weighted by Gasteiger charge is -2.19. The number of carbonyl (C=O) groups excluding carboxylic acids is 3. The van der Waals surface area contributed by atoms with Crippen LogP contribution in [0.2, 0.25) is 0 Å². The van der Waals surface area contributed by atoms with E-state index in [1.54, 1.807) is 43.3 Å². The Bertz CT molecular complexity index is 881. The minimum atomic E-state index is -0.610. The van der Waals surface area contributed by atoms with Crippen LogP contribution in [0.25, 0.3) is 0 Å². The molecule has 3 rings (SSSR count). The molecule has 1 heterocycles. The summed E-state index contributed by atoms with van der Waals surface area (Å²) in [6, 6.07) is 9.89. The maximum absolute atomic E-state index is 12.7. The molecule has 114 valence electrons. The Balaban J connectivity index is 2.08. The number of rotatable bonds is 3. The summed E-state index contributed by atoms with van der Waals surface area (Å²) in [5.41, 5.74) is 7.54. The van der Waals surface area contributed by atoms with Gasteiger partial charge < -0.3 is 5.73 Å². The second-order valence-electron chi connectivity index (χ2n) is 5.35. The molecule has 0 saturated carbocycles. The highest BCUT2D eigenvalue weighted by molar-refractivity contribution is 6.26. The summed E-state index contributed by atoms with van der Waals surface area (Å²) >= 11 is 0. The third-order valence-electron chi connectivity index (χ3n) is 3.98. The lowest BCUT2D eigenvalue weighted by Crippen LogP contribution is -2.23. The third kappa shape index (κ3) is 2.46. The summed E-state index contributed by atoms with van der Waals surface area (Å²) in [5, 5.41) is 0. The fourth-order valence-electron chi connectivity index (χ4n) is 2.73. The molecule has 5 heteroatoms. The molecule has 0 bridgehead atoms. The molecule has 0 spiro atoms. The molecule has 2 aromatic rings. The van der Waals surface area contributed by atoms with Gasteiger partial charge in [0.25, 0.3) is 5.91 Å². The molecule has 1 aliphatic rings. The molecule has 5 nitrogen and oxygen atoms in total. The lowest BCUT2D eigenvalue weighted by molar-refractivity contribution is 0.0972. The number of ketones is 2. The number of amides is 1. The molecule has 0 saturated heterocycles. The Morgan fingerprint density at radius 2 is 1.70 bits per heavy atom. The van der Waals surface area contributed by atoms with Gasteiger partial charge in [0.05, 0.1) is 11.3 Å². The number of fused-ring (bicyclic) bond motifs is 1. The van der Waals surface area contributed by atoms with Gasteiger partial charge in [0.1, 0.15) is 0 Å². The van der Waals surface area contributed by atoms with Crippen LogP contribution in [-0.2, 0) is 6.42 Å². The van der Waals surface area contributed by atoms with E-state index in [0.29, 0.717) is 28.0 Å². The number of pyridine rings is 1. The lowest BCUT2D eigenvalue weighted by atomic mass is 9.82. The van der Waals surface area contributed by atoms with Crippen molar-refractivity contribution in [3.8, 4) is 0 Å². The first-order chi connectivity index (χ1) is 11.0. The molecule has 23 heavy (non-hydrogen) atoms. The fraction of sp³-hybridized carbons (Fsp3) is 0.111. The number of carbonyl (C=O) groups is 3. The zero-order valence-corrected chi connectivity index (χ0v) is 12.5. The Hall–Kier alpha value is -3.08. The minimum Gasteiger partial charge on any atom is -0.366 e. The van der Waals surface area contributed by atoms with Gasteiger partial charge in [0, 0.05) is 34.9 Å². The zero-order chi connectivity index (χ0) is 16.6. The molecule has 1 amide bonds. The Kier molecular flexibility index (Phi) is 3.62. The number of nitrogens with zero attached hydrogens (tertiary/aromatic N) is 1. The van der Waals surface area contributed by atoms with Gasteiger partial charge >= 0.3 is 0 Å². The molecular formula is C18H14N2O3. The quantitative estimate of drug-likeness (QED) is 0.940. The zero-order valence-electron chi connectivity index (χ0n) is 12.5. The summed E-state index contributed by atoms with van der Waals surface area (Å²) in [7, 11) is 0. The van der Waals surface area contributed by atoms with Crippen molar-refractivity contribution in [2.45, 2.75) is 13.3 Å². The highest BCUT2D eigenvalue weighted by atomic mass is 16.1. The maximum Gasteiger partial charge on any atom is 0.250 e. The molecule has 2 N–H and O–H groups in total. The van der Waals surface area contributed by atoms with Gasteiger partial charge in [-0.05, 0) is 19.1 Å². The number of benzene rings is 1. The van der Waals surface area contributed by atoms with Gasteiger partial charge in [-0.15, -0.1) is 0 Å². The SMILES string of the molecule is CC1=C(Cc2ncccc2C(N)=O)C(=O)c2ccccc2C1=O. The number of primary amides is 1. The van der Waals surface area contributed by atoms with E-state index in [0.717, 1.165) is 0 Å². The van der Waals surface area contributed by atoms with Gasteiger partial charge in [-0.2, -0.15) is 0 Å². The van der Waals surface area contributed by atoms with E-state index >= 15 is 0 Å². The van der Waals surface area contributed by atoms with Crippen LogP contribution in [0.1, 0.15) is 43.7 Å². The minimum absolute atomic E-state index is 0.101. The topological polar surface area (TPSA) is 90.1 Å². The average Bonchev–Trinajstić information content (AvgIpc) is 2.57. The normalized spacial score (nSPS) is 14.0. The number of aromatic nitrogens is 1. The predicted molar refractivity (Wildman–Crippen MR) is 84.3 cm³/mol. The Labute approximate surface area is 132 Å². The third-order valence-corrected chi connectivity index (χ3v) is 3.98. The van der Waals surface area contributed by atoms with E-state index in [-0.39, 0.29) is 23.6 Å². The Morgan fingerprint density at radius 1 is 1.04 bits per heavy atom. The van der Waals surface area contributed by atoms with Crippen molar-refractivity contribution in [1.82, 2.24) is 4.98 Å². The predicted octanol–water partition coefficient (Wildman–Crippen LogP) is 2.12. The molecule has 0 radical (unpaired) electrons. The van der Waals surface area contributed by atoms with Gasteiger partial charge in [-0.1, -0.05) is 24.3 Å². The summed E-state index contributed by atoms with van der Waals surface area (Å²) in [5.74, 6) is -0.994. The first-order valence-corrected chi connectivity index (χ1v) is 7.12. The first kappa shape index (κ1) is 14.8. The van der Waals surface area contributed by atoms with E-state index < -0.39 is 5.91 Å². The molecule has 0 unspecified atom stereocenters. The van der Waals surface area contributed by atoms with Gasteiger partial charge in [0.15, 0.2) is 11.6 Å². The van der Waals surface area contributed by atoms with Crippen LogP contribution in [0.4, 0.5) is 0 Å². The number of hydrogen-bond acceptors (Lipinski definition) is 4. The van der Waals surface area contributed by atoms with Crippen molar-refractivity contribution < 1.29 is 14.4 Å². The Morgan fingerprint density at radius 3 is 2.35 bits per heavy atom. The van der Waals surface area contributed by atoms with Gasteiger partial charge in [-0.3, -0.25) is 19.4 Å². The number of hydrogen-bond donors (Lipinski definition) is 1. The standard InChI is InChI=1S/C18H14N2O3/c1-10-14(9-15-13(18(19)23)7-4-8-20-15)17(22)12-6-3-2-5-11(12)16(10)21/h2-8H,9H2,1H3,(H2,19,23). The van der Waals surface area contributed by atoms with Crippen molar-refractivity contribution in [3.63, 3.8) is 0 Å². The van der Waals surface area contributed by atoms with Crippen LogP contribution in [0, 0.1) is 0 Å². The van der Waals surface area contributed by atoms with Crippen LogP contribution in [0.5, 0.6) is 0 Å². The fourth-order valence-corrected chi connectivity index (χ4v) is 2.73. The van der Waals surface area contributed by atoms with Crippen molar-refractivity contribution in [2.24, 2.45) is 5.73 Å². The van der Waals surface area contributed by atoms with Crippen LogP contribution < -0.4 is 5.73 Å². The summed E-state index contributed by atoms with van der Waals surface area (Å²) in [4.78, 5) is 40.8. The summed E-state index contributed by atoms with van der Waals surface area (Å²) < 4.78 is 0. The number of nitrogens with two attached hydrogens (primary N) is 1. The first-order valence-electron chi connectivity index (χ1n) is 7.12. The van der Waals surface area contributed by atoms with Crippen molar-refractivity contribution in [3.05, 3.63) is 76.1 Å². The molecule has 0 aliphatic heterocycles. The van der Waals surface area contributed by atoms with Crippen LogP contribution in [0.3, 0.4) is 0 Å². The molecule has 1 aromatic carbocycles. The maximum atomic E-state index is 12.7. The van der Waals surface area contributed by atoms with Crippen LogP contribution in [0.15, 0.2) is 53.7 Å². The second-order valence-corrected chi connectivity index (χ2v) is 5.35. The monoisotopic (exact) mass is 306 g/mol. The highest BCUT2D eigenvalue weighted by Gasteiger charge is 2.30. The molecule has 0 atom stereocenters. The van der Waals surface area contributed by atoms with Crippen molar-refractivity contribution >= 4 is 17.5 Å². The van der Waals surface area contributed by atoms with Gasteiger partial charge in [-0.25, -0.2) is 0 Å². The average molecular weight is 306 g/mol. The molecule has 1 aromatic heterocycles. The van der Waals surface area contributed by atoms with E-state index in [4.69, 9.17) is 5.73 Å². The highest BCUT2D eigenvalue weighted by Crippen LogP contribution is 2.28. The molecule has 0 fully saturated rings. The van der Waals surface area contributed by atoms with Crippen LogP contribution >= 0.6 is 0 Å². The summed E-state index contributed by atoms with van der Waals surface area (Å²) in [6.45, 7) is 1.62.